The van der Waals surface area contributed by atoms with E-state index < -0.39 is 0 Å². The predicted octanol–water partition coefficient (Wildman–Crippen LogP) is 4.44. The van der Waals surface area contributed by atoms with Crippen molar-refractivity contribution in [2.45, 2.75) is 27.2 Å². The molecule has 1 aliphatic rings. The van der Waals surface area contributed by atoms with Gasteiger partial charge in [0.05, 0.1) is 5.92 Å². The molecular weight excluding hydrogens is 258 g/mol. The molecule has 1 aromatic rings. The van der Waals surface area contributed by atoms with Crippen LogP contribution in [0.25, 0.3) is 0 Å². The van der Waals surface area contributed by atoms with E-state index >= 15 is 0 Å². The number of rotatable bonds is 4. The highest BCUT2D eigenvalue weighted by Crippen LogP contribution is 2.32. The minimum atomic E-state index is -0.0612. The standard InChI is InChI=1S/C19H25NO/c1-14(2)13-16-9-8-12-18(15(16)3)19(21)20(4)17-10-6-5-7-11-17/h5-12,14-15,18H,13H2,1-4H3. The molecule has 1 aliphatic carbocycles. The van der Waals surface area contributed by atoms with Crippen LogP contribution in [-0.2, 0) is 4.79 Å². The molecule has 1 amide bonds. The lowest BCUT2D eigenvalue weighted by atomic mass is 9.79. The van der Waals surface area contributed by atoms with Crippen molar-refractivity contribution < 1.29 is 4.79 Å². The van der Waals surface area contributed by atoms with Gasteiger partial charge in [0.15, 0.2) is 0 Å². The molecular formula is C19H25NO. The maximum atomic E-state index is 12.8. The summed E-state index contributed by atoms with van der Waals surface area (Å²) in [5, 5.41) is 0. The minimum Gasteiger partial charge on any atom is -0.315 e. The van der Waals surface area contributed by atoms with Crippen molar-refractivity contribution in [3.05, 3.63) is 54.1 Å². The third-order valence-corrected chi connectivity index (χ3v) is 4.16. The molecule has 0 fully saturated rings. The molecule has 0 spiro atoms. The maximum Gasteiger partial charge on any atom is 0.234 e. The van der Waals surface area contributed by atoms with Crippen LogP contribution in [0.15, 0.2) is 54.1 Å². The lowest BCUT2D eigenvalue weighted by Crippen LogP contribution is -2.36. The Morgan fingerprint density at radius 2 is 1.90 bits per heavy atom. The van der Waals surface area contributed by atoms with Crippen molar-refractivity contribution in [2.24, 2.45) is 17.8 Å². The molecule has 0 saturated carbocycles. The van der Waals surface area contributed by atoms with Gasteiger partial charge in [0.25, 0.3) is 0 Å². The highest BCUT2D eigenvalue weighted by atomic mass is 16.2. The number of hydrogen-bond donors (Lipinski definition) is 0. The first-order valence-electron chi connectivity index (χ1n) is 7.70. The van der Waals surface area contributed by atoms with Gasteiger partial charge >= 0.3 is 0 Å². The Hall–Kier alpha value is -1.83. The monoisotopic (exact) mass is 283 g/mol. The normalized spacial score (nSPS) is 21.3. The molecule has 0 aliphatic heterocycles. The van der Waals surface area contributed by atoms with E-state index in [-0.39, 0.29) is 17.7 Å². The summed E-state index contributed by atoms with van der Waals surface area (Å²) >= 11 is 0. The SMILES string of the molecule is CC(C)CC1=CC=CC(C(=O)N(C)c2ccccc2)C1C. The topological polar surface area (TPSA) is 20.3 Å². The van der Waals surface area contributed by atoms with Crippen molar-refractivity contribution in [1.29, 1.82) is 0 Å². The quantitative estimate of drug-likeness (QED) is 0.799. The third-order valence-electron chi connectivity index (χ3n) is 4.16. The number of carbonyl (C=O) groups excluding carboxylic acids is 1. The van der Waals surface area contributed by atoms with Gasteiger partial charge in [-0.25, -0.2) is 0 Å². The van der Waals surface area contributed by atoms with Gasteiger partial charge in [0, 0.05) is 12.7 Å². The molecule has 2 rings (SSSR count). The number of benzene rings is 1. The Morgan fingerprint density at radius 1 is 1.24 bits per heavy atom. The van der Waals surface area contributed by atoms with E-state index in [0.717, 1.165) is 12.1 Å². The smallest absolute Gasteiger partial charge is 0.234 e. The first kappa shape index (κ1) is 15.6. The molecule has 2 unspecified atom stereocenters. The van der Waals surface area contributed by atoms with Crippen molar-refractivity contribution in [3.63, 3.8) is 0 Å². The Balaban J connectivity index is 2.13. The minimum absolute atomic E-state index is 0.0612. The Labute approximate surface area is 128 Å². The van der Waals surface area contributed by atoms with Crippen LogP contribution in [0.2, 0.25) is 0 Å². The van der Waals surface area contributed by atoms with Crippen molar-refractivity contribution in [1.82, 2.24) is 0 Å². The molecule has 0 heterocycles. The molecule has 0 N–H and O–H groups in total. The first-order chi connectivity index (χ1) is 10.0. The number of carbonyl (C=O) groups is 1. The van der Waals surface area contributed by atoms with E-state index in [4.69, 9.17) is 0 Å². The van der Waals surface area contributed by atoms with Gasteiger partial charge in [0.2, 0.25) is 5.91 Å². The zero-order valence-corrected chi connectivity index (χ0v) is 13.4. The van der Waals surface area contributed by atoms with Crippen LogP contribution < -0.4 is 4.90 Å². The molecule has 2 nitrogen and oxygen atoms in total. The maximum absolute atomic E-state index is 12.8. The highest BCUT2D eigenvalue weighted by Gasteiger charge is 2.29. The Morgan fingerprint density at radius 3 is 2.52 bits per heavy atom. The predicted molar refractivity (Wildman–Crippen MR) is 89.2 cm³/mol. The zero-order chi connectivity index (χ0) is 15.4. The summed E-state index contributed by atoms with van der Waals surface area (Å²) in [6.07, 6.45) is 7.32. The zero-order valence-electron chi connectivity index (χ0n) is 13.4. The summed E-state index contributed by atoms with van der Waals surface area (Å²) in [5.41, 5.74) is 2.33. The molecule has 1 aromatic carbocycles. The van der Waals surface area contributed by atoms with E-state index in [1.807, 2.05) is 49.5 Å². The van der Waals surface area contributed by atoms with Gasteiger partial charge in [-0.1, -0.05) is 62.8 Å². The second-order valence-corrected chi connectivity index (χ2v) is 6.27. The van der Waals surface area contributed by atoms with Crippen LogP contribution in [-0.4, -0.2) is 13.0 Å². The Bertz CT molecular complexity index is 542. The van der Waals surface area contributed by atoms with Crippen molar-refractivity contribution >= 4 is 11.6 Å². The number of para-hydroxylation sites is 1. The van der Waals surface area contributed by atoms with Gasteiger partial charge in [0.1, 0.15) is 0 Å². The van der Waals surface area contributed by atoms with Gasteiger partial charge in [-0.05, 0) is 30.4 Å². The molecule has 0 aromatic heterocycles. The summed E-state index contributed by atoms with van der Waals surface area (Å²) in [6.45, 7) is 6.61. The van der Waals surface area contributed by atoms with E-state index in [9.17, 15) is 4.79 Å². The van der Waals surface area contributed by atoms with Gasteiger partial charge in [-0.2, -0.15) is 0 Å². The lowest BCUT2D eigenvalue weighted by Gasteiger charge is -2.30. The largest absolute Gasteiger partial charge is 0.315 e. The van der Waals surface area contributed by atoms with Gasteiger partial charge in [-0.3, -0.25) is 4.79 Å². The number of hydrogen-bond acceptors (Lipinski definition) is 1. The summed E-state index contributed by atoms with van der Waals surface area (Å²) in [6, 6.07) is 9.83. The van der Waals surface area contributed by atoms with E-state index in [2.05, 4.69) is 26.8 Å². The first-order valence-corrected chi connectivity index (χ1v) is 7.70. The van der Waals surface area contributed by atoms with Crippen LogP contribution in [0.3, 0.4) is 0 Å². The molecule has 0 radical (unpaired) electrons. The molecule has 0 saturated heterocycles. The van der Waals surface area contributed by atoms with Crippen LogP contribution >= 0.6 is 0 Å². The summed E-state index contributed by atoms with van der Waals surface area (Å²) < 4.78 is 0. The van der Waals surface area contributed by atoms with Crippen LogP contribution in [0.1, 0.15) is 27.2 Å². The molecule has 0 bridgehead atoms. The molecule has 2 atom stereocenters. The fourth-order valence-corrected chi connectivity index (χ4v) is 2.87. The van der Waals surface area contributed by atoms with Crippen LogP contribution in [0.5, 0.6) is 0 Å². The fraction of sp³-hybridized carbons (Fsp3) is 0.421. The number of anilines is 1. The Kier molecular flexibility index (Phi) is 5.00. The van der Waals surface area contributed by atoms with Gasteiger partial charge < -0.3 is 4.90 Å². The molecule has 21 heavy (non-hydrogen) atoms. The number of amides is 1. The summed E-state index contributed by atoms with van der Waals surface area (Å²) in [4.78, 5) is 14.6. The third kappa shape index (κ3) is 3.63. The van der Waals surface area contributed by atoms with Crippen molar-refractivity contribution in [2.75, 3.05) is 11.9 Å². The second-order valence-electron chi connectivity index (χ2n) is 6.27. The molecule has 112 valence electrons. The summed E-state index contributed by atoms with van der Waals surface area (Å²) in [7, 11) is 1.86. The van der Waals surface area contributed by atoms with Crippen LogP contribution in [0, 0.1) is 17.8 Å². The second kappa shape index (κ2) is 6.75. The molecule has 2 heteroatoms. The summed E-state index contributed by atoms with van der Waals surface area (Å²) in [5.74, 6) is 0.997. The highest BCUT2D eigenvalue weighted by molar-refractivity contribution is 5.96. The van der Waals surface area contributed by atoms with E-state index in [1.54, 1.807) is 4.90 Å². The lowest BCUT2D eigenvalue weighted by molar-refractivity contribution is -0.121. The fourth-order valence-electron chi connectivity index (χ4n) is 2.87. The van der Waals surface area contributed by atoms with E-state index in [1.165, 1.54) is 5.57 Å². The van der Waals surface area contributed by atoms with Crippen molar-refractivity contribution in [3.8, 4) is 0 Å². The number of allylic oxidation sites excluding steroid dienone is 3. The van der Waals surface area contributed by atoms with E-state index in [0.29, 0.717) is 5.92 Å². The number of nitrogens with zero attached hydrogens (tertiary/aromatic N) is 1. The average Bonchev–Trinajstić information content (AvgIpc) is 2.48. The van der Waals surface area contributed by atoms with Crippen LogP contribution in [0.4, 0.5) is 5.69 Å². The average molecular weight is 283 g/mol. The van der Waals surface area contributed by atoms with Gasteiger partial charge in [-0.15, -0.1) is 0 Å².